The molecule has 0 bridgehead atoms. The van der Waals surface area contributed by atoms with Crippen LogP contribution in [0.25, 0.3) is 0 Å². The van der Waals surface area contributed by atoms with Gasteiger partial charge in [-0.1, -0.05) is 42.6 Å². The van der Waals surface area contributed by atoms with E-state index in [9.17, 15) is 0 Å². The zero-order valence-electron chi connectivity index (χ0n) is 11.4. The van der Waals surface area contributed by atoms with Crippen molar-refractivity contribution >= 4 is 15.9 Å². The van der Waals surface area contributed by atoms with Crippen LogP contribution in [0.15, 0.2) is 12.4 Å². The van der Waals surface area contributed by atoms with Crippen LogP contribution in [0.1, 0.15) is 52.0 Å². The Balaban J connectivity index is 2.70. The summed E-state index contributed by atoms with van der Waals surface area (Å²) in [6.45, 7) is 7.67. The van der Waals surface area contributed by atoms with Crippen LogP contribution in [0.5, 0.6) is 0 Å². The molecule has 2 nitrogen and oxygen atoms in total. The first-order chi connectivity index (χ1) is 8.19. The Morgan fingerprint density at radius 3 is 2.59 bits per heavy atom. The topological polar surface area (TPSA) is 17.8 Å². The van der Waals surface area contributed by atoms with Gasteiger partial charge in [-0.25, -0.2) is 0 Å². The first-order valence-electron chi connectivity index (χ1n) is 6.77. The quantitative estimate of drug-likeness (QED) is 0.650. The van der Waals surface area contributed by atoms with Crippen molar-refractivity contribution in [2.24, 2.45) is 5.41 Å². The van der Waals surface area contributed by atoms with Gasteiger partial charge in [0.05, 0.1) is 6.20 Å². The number of alkyl halides is 1. The predicted octanol–water partition coefficient (Wildman–Crippen LogP) is 4.43. The van der Waals surface area contributed by atoms with Gasteiger partial charge in [-0.15, -0.1) is 0 Å². The third-order valence-corrected chi connectivity index (χ3v) is 4.87. The van der Waals surface area contributed by atoms with E-state index in [0.717, 1.165) is 18.3 Å². The molecular formula is C14H25BrN2. The number of halogens is 1. The number of nitrogens with zero attached hydrogens (tertiary/aromatic N) is 2. The van der Waals surface area contributed by atoms with Crippen LogP contribution in [0.3, 0.4) is 0 Å². The van der Waals surface area contributed by atoms with E-state index < -0.39 is 0 Å². The molecule has 0 aromatic carbocycles. The molecule has 0 radical (unpaired) electrons. The Hall–Kier alpha value is -0.310. The fourth-order valence-corrected chi connectivity index (χ4v) is 3.13. The highest BCUT2D eigenvalue weighted by Gasteiger charge is 2.27. The van der Waals surface area contributed by atoms with Gasteiger partial charge >= 0.3 is 0 Å². The largest absolute Gasteiger partial charge is 0.273 e. The Morgan fingerprint density at radius 1 is 1.35 bits per heavy atom. The molecule has 0 saturated heterocycles. The fraction of sp³-hybridized carbons (Fsp3) is 0.786. The van der Waals surface area contributed by atoms with Crippen molar-refractivity contribution in [1.29, 1.82) is 0 Å². The normalized spacial score (nSPS) is 14.8. The predicted molar refractivity (Wildman–Crippen MR) is 77.6 cm³/mol. The summed E-state index contributed by atoms with van der Waals surface area (Å²) in [6.07, 6.45) is 10.5. The van der Waals surface area contributed by atoms with Gasteiger partial charge in [-0.05, 0) is 37.2 Å². The van der Waals surface area contributed by atoms with E-state index in [1.165, 1.54) is 31.2 Å². The maximum Gasteiger partial charge on any atom is 0.0521 e. The van der Waals surface area contributed by atoms with Gasteiger partial charge in [-0.2, -0.15) is 5.10 Å². The molecule has 0 aliphatic rings. The lowest BCUT2D eigenvalue weighted by Crippen LogP contribution is -2.24. The van der Waals surface area contributed by atoms with Crippen molar-refractivity contribution in [3.63, 3.8) is 0 Å². The van der Waals surface area contributed by atoms with Gasteiger partial charge in [-0.3, -0.25) is 4.68 Å². The third kappa shape index (κ3) is 4.13. The van der Waals surface area contributed by atoms with Crippen molar-refractivity contribution in [1.82, 2.24) is 9.78 Å². The minimum atomic E-state index is 0.414. The van der Waals surface area contributed by atoms with Gasteiger partial charge in [0.25, 0.3) is 0 Å². The maximum absolute atomic E-state index is 4.37. The Morgan fingerprint density at radius 2 is 2.12 bits per heavy atom. The van der Waals surface area contributed by atoms with Gasteiger partial charge in [0.2, 0.25) is 0 Å². The second-order valence-electron chi connectivity index (χ2n) is 4.97. The molecule has 17 heavy (non-hydrogen) atoms. The van der Waals surface area contributed by atoms with Crippen LogP contribution in [0.2, 0.25) is 0 Å². The number of hydrogen-bond acceptors (Lipinski definition) is 1. The zero-order chi connectivity index (χ0) is 12.7. The summed E-state index contributed by atoms with van der Waals surface area (Å²) >= 11 is 3.72. The van der Waals surface area contributed by atoms with Crippen LogP contribution < -0.4 is 0 Å². The maximum atomic E-state index is 4.37. The molecule has 1 atom stereocenters. The lowest BCUT2D eigenvalue weighted by molar-refractivity contribution is 0.284. The molecule has 0 saturated carbocycles. The molecule has 0 amide bonds. The van der Waals surface area contributed by atoms with E-state index in [1.807, 2.05) is 10.9 Å². The highest BCUT2D eigenvalue weighted by Crippen LogP contribution is 2.34. The summed E-state index contributed by atoms with van der Waals surface area (Å²) in [7, 11) is 0. The number of unbranched alkanes of at least 4 members (excludes halogenated alkanes) is 1. The van der Waals surface area contributed by atoms with E-state index >= 15 is 0 Å². The van der Waals surface area contributed by atoms with Crippen LogP contribution >= 0.6 is 15.9 Å². The molecule has 0 aliphatic carbocycles. The van der Waals surface area contributed by atoms with Crippen LogP contribution in [-0.2, 0) is 13.0 Å². The molecule has 98 valence electrons. The first-order valence-corrected chi connectivity index (χ1v) is 7.89. The standard InChI is InChI=1S/C14H25BrN2/c1-4-7-8-14(5-2,12-15)9-13-10-16-17(6-3)11-13/h10-11H,4-9,12H2,1-3H3. The molecule has 1 aromatic rings. The lowest BCUT2D eigenvalue weighted by Gasteiger charge is -2.30. The molecule has 0 aliphatic heterocycles. The minimum Gasteiger partial charge on any atom is -0.273 e. The molecular weight excluding hydrogens is 276 g/mol. The number of aryl methyl sites for hydroxylation is 1. The highest BCUT2D eigenvalue weighted by atomic mass is 79.9. The Kier molecular flexibility index (Phi) is 6.24. The Bertz CT molecular complexity index is 316. The third-order valence-electron chi connectivity index (χ3n) is 3.68. The molecule has 0 fully saturated rings. The summed E-state index contributed by atoms with van der Waals surface area (Å²) < 4.78 is 2.02. The zero-order valence-corrected chi connectivity index (χ0v) is 13.0. The van der Waals surface area contributed by atoms with Gasteiger partial charge in [0.15, 0.2) is 0 Å². The Labute approximate surface area is 114 Å². The van der Waals surface area contributed by atoms with Crippen molar-refractivity contribution in [2.45, 2.75) is 59.4 Å². The minimum absolute atomic E-state index is 0.414. The first kappa shape index (κ1) is 14.7. The van der Waals surface area contributed by atoms with Crippen LogP contribution in [0.4, 0.5) is 0 Å². The molecule has 0 spiro atoms. The van der Waals surface area contributed by atoms with Crippen molar-refractivity contribution in [3.8, 4) is 0 Å². The SMILES string of the molecule is CCCCC(CC)(CBr)Cc1cnn(CC)c1. The van der Waals surface area contributed by atoms with Gasteiger partial charge in [0.1, 0.15) is 0 Å². The van der Waals surface area contributed by atoms with Crippen LogP contribution in [-0.4, -0.2) is 15.1 Å². The van der Waals surface area contributed by atoms with Crippen molar-refractivity contribution in [3.05, 3.63) is 18.0 Å². The van der Waals surface area contributed by atoms with Crippen molar-refractivity contribution in [2.75, 3.05) is 5.33 Å². The van der Waals surface area contributed by atoms with Gasteiger partial charge in [0, 0.05) is 18.1 Å². The molecule has 3 heteroatoms. The molecule has 1 aromatic heterocycles. The molecule has 0 N–H and O–H groups in total. The average molecular weight is 301 g/mol. The van der Waals surface area contributed by atoms with E-state index in [0.29, 0.717) is 5.41 Å². The molecule has 1 unspecified atom stereocenters. The second kappa shape index (κ2) is 7.20. The smallest absolute Gasteiger partial charge is 0.0521 e. The fourth-order valence-electron chi connectivity index (χ4n) is 2.25. The number of rotatable bonds is 8. The number of aromatic nitrogens is 2. The van der Waals surface area contributed by atoms with Gasteiger partial charge < -0.3 is 0 Å². The van der Waals surface area contributed by atoms with E-state index in [4.69, 9.17) is 0 Å². The van der Waals surface area contributed by atoms with E-state index in [2.05, 4.69) is 48.0 Å². The van der Waals surface area contributed by atoms with E-state index in [1.54, 1.807) is 0 Å². The summed E-state index contributed by atoms with van der Waals surface area (Å²) in [6, 6.07) is 0. The second-order valence-corrected chi connectivity index (χ2v) is 5.53. The van der Waals surface area contributed by atoms with E-state index in [-0.39, 0.29) is 0 Å². The summed E-state index contributed by atoms with van der Waals surface area (Å²) in [5.41, 5.74) is 1.79. The summed E-state index contributed by atoms with van der Waals surface area (Å²) in [4.78, 5) is 0. The number of hydrogen-bond donors (Lipinski definition) is 0. The lowest BCUT2D eigenvalue weighted by atomic mass is 9.77. The highest BCUT2D eigenvalue weighted by molar-refractivity contribution is 9.09. The summed E-state index contributed by atoms with van der Waals surface area (Å²) in [5.74, 6) is 0. The summed E-state index contributed by atoms with van der Waals surface area (Å²) in [5, 5.41) is 5.46. The van der Waals surface area contributed by atoms with Crippen molar-refractivity contribution < 1.29 is 0 Å². The monoisotopic (exact) mass is 300 g/mol. The van der Waals surface area contributed by atoms with Crippen LogP contribution in [0, 0.1) is 5.41 Å². The average Bonchev–Trinajstić information content (AvgIpc) is 2.82. The molecule has 1 heterocycles. The molecule has 1 rings (SSSR count).